The molecule has 2 fully saturated rings. The average Bonchev–Trinajstić information content (AvgIpc) is 2.30. The van der Waals surface area contributed by atoms with E-state index in [1.807, 2.05) is 0 Å². The van der Waals surface area contributed by atoms with Crippen LogP contribution >= 0.6 is 0 Å². The van der Waals surface area contributed by atoms with Crippen molar-refractivity contribution in [3.8, 4) is 0 Å². The maximum Gasteiger partial charge on any atom is 0.238 e. The van der Waals surface area contributed by atoms with Gasteiger partial charge in [-0.15, -0.1) is 0 Å². The van der Waals surface area contributed by atoms with Gasteiger partial charge in [-0.2, -0.15) is 0 Å². The lowest BCUT2D eigenvalue weighted by molar-refractivity contribution is 0.0843. The van der Waals surface area contributed by atoms with Gasteiger partial charge in [0, 0.05) is 6.42 Å². The molecule has 0 radical (unpaired) electrons. The number of hydrogen-bond donors (Lipinski definition) is 0. The molecule has 0 amide bonds. The van der Waals surface area contributed by atoms with Crippen LogP contribution < -0.4 is 0 Å². The van der Waals surface area contributed by atoms with Crippen LogP contribution in [0.4, 0.5) is 8.78 Å². The van der Waals surface area contributed by atoms with E-state index in [1.54, 1.807) is 0 Å². The second kappa shape index (κ2) is 6.15. The maximum absolute atomic E-state index is 12.3. The predicted octanol–water partition coefficient (Wildman–Crippen LogP) is 5.27. The Morgan fingerprint density at radius 2 is 1.29 bits per heavy atom. The molecule has 0 N–H and O–H groups in total. The molecule has 0 saturated heterocycles. The van der Waals surface area contributed by atoms with E-state index >= 15 is 0 Å². The fraction of sp³-hybridized carbons (Fsp3) is 1.00. The van der Waals surface area contributed by atoms with Crippen molar-refractivity contribution in [2.24, 2.45) is 23.7 Å². The smallest absolute Gasteiger partial charge is 0.211 e. The lowest BCUT2D eigenvalue weighted by atomic mass is 9.69. The summed E-state index contributed by atoms with van der Waals surface area (Å²) < 4.78 is 24.6. The van der Waals surface area contributed by atoms with Gasteiger partial charge < -0.3 is 0 Å². The predicted molar refractivity (Wildman–Crippen MR) is 67.2 cm³/mol. The van der Waals surface area contributed by atoms with Gasteiger partial charge in [-0.05, 0) is 62.2 Å². The summed E-state index contributed by atoms with van der Waals surface area (Å²) in [5.41, 5.74) is 0. The number of hydrogen-bond acceptors (Lipinski definition) is 0. The number of rotatable bonds is 3. The number of alkyl halides is 2. The molecule has 2 saturated carbocycles. The standard InChI is InChI=1S/C15H26F2/c1-11-2-6-13(7-3-11)14-8-4-12(5-9-14)10-15(16)17/h11-15H,2-10H2,1H3. The molecule has 2 heteroatoms. The molecular weight excluding hydrogens is 218 g/mol. The van der Waals surface area contributed by atoms with Crippen molar-refractivity contribution in [3.63, 3.8) is 0 Å². The molecule has 2 rings (SSSR count). The minimum absolute atomic E-state index is 0.147. The van der Waals surface area contributed by atoms with Crippen molar-refractivity contribution in [2.75, 3.05) is 0 Å². The lowest BCUT2D eigenvalue weighted by Crippen LogP contribution is -2.25. The van der Waals surface area contributed by atoms with Crippen LogP contribution in [0.2, 0.25) is 0 Å². The Bertz CT molecular complexity index is 211. The highest BCUT2D eigenvalue weighted by Crippen LogP contribution is 2.42. The Balaban J connectivity index is 1.71. The molecular formula is C15H26F2. The van der Waals surface area contributed by atoms with Crippen LogP contribution in [-0.4, -0.2) is 6.43 Å². The molecule has 0 aromatic carbocycles. The van der Waals surface area contributed by atoms with Crippen molar-refractivity contribution in [1.82, 2.24) is 0 Å². The first kappa shape index (κ1) is 13.3. The summed E-state index contributed by atoms with van der Waals surface area (Å²) in [7, 11) is 0. The quantitative estimate of drug-likeness (QED) is 0.634. The summed E-state index contributed by atoms with van der Waals surface area (Å²) in [5.74, 6) is 3.00. The molecule has 0 heterocycles. The van der Waals surface area contributed by atoms with Crippen molar-refractivity contribution in [2.45, 2.75) is 71.1 Å². The lowest BCUT2D eigenvalue weighted by Gasteiger charge is -2.37. The van der Waals surface area contributed by atoms with E-state index in [9.17, 15) is 8.78 Å². The molecule has 2 aliphatic carbocycles. The molecule has 0 aromatic rings. The van der Waals surface area contributed by atoms with Gasteiger partial charge in [0.1, 0.15) is 0 Å². The molecule has 0 nitrogen and oxygen atoms in total. The van der Waals surface area contributed by atoms with Crippen molar-refractivity contribution < 1.29 is 8.78 Å². The Labute approximate surface area is 104 Å². The summed E-state index contributed by atoms with van der Waals surface area (Å²) in [4.78, 5) is 0. The van der Waals surface area contributed by atoms with Gasteiger partial charge in [-0.1, -0.05) is 19.8 Å². The third kappa shape index (κ3) is 3.93. The van der Waals surface area contributed by atoms with Gasteiger partial charge >= 0.3 is 0 Å². The summed E-state index contributed by atoms with van der Waals surface area (Å²) in [5, 5.41) is 0. The van der Waals surface area contributed by atoms with E-state index in [1.165, 1.54) is 38.5 Å². The first-order chi connectivity index (χ1) is 8.15. The molecule has 100 valence electrons. The molecule has 2 aliphatic rings. The van der Waals surface area contributed by atoms with Gasteiger partial charge in [0.25, 0.3) is 0 Å². The van der Waals surface area contributed by atoms with E-state index in [4.69, 9.17) is 0 Å². The topological polar surface area (TPSA) is 0 Å². The summed E-state index contributed by atoms with van der Waals surface area (Å²) in [6.07, 6.45) is 8.18. The zero-order valence-electron chi connectivity index (χ0n) is 11.0. The normalized spacial score (nSPS) is 39.5. The fourth-order valence-electron chi connectivity index (χ4n) is 3.90. The van der Waals surface area contributed by atoms with Gasteiger partial charge in [0.2, 0.25) is 6.43 Å². The Hall–Kier alpha value is -0.140. The Kier molecular flexibility index (Phi) is 4.81. The minimum Gasteiger partial charge on any atom is -0.211 e. The molecule has 0 aromatic heterocycles. The van der Waals surface area contributed by atoms with E-state index in [0.717, 1.165) is 30.6 Å². The minimum atomic E-state index is -2.09. The second-order valence-corrected chi connectivity index (χ2v) is 6.43. The fourth-order valence-corrected chi connectivity index (χ4v) is 3.90. The third-order valence-corrected chi connectivity index (χ3v) is 5.13. The van der Waals surface area contributed by atoms with Crippen LogP contribution in [0, 0.1) is 23.7 Å². The highest BCUT2D eigenvalue weighted by molar-refractivity contribution is 4.81. The maximum atomic E-state index is 12.3. The first-order valence-corrected chi connectivity index (χ1v) is 7.43. The highest BCUT2D eigenvalue weighted by atomic mass is 19.3. The zero-order chi connectivity index (χ0) is 12.3. The molecule has 0 atom stereocenters. The van der Waals surface area contributed by atoms with Crippen molar-refractivity contribution in [3.05, 3.63) is 0 Å². The Morgan fingerprint density at radius 1 is 0.824 bits per heavy atom. The molecule has 0 bridgehead atoms. The van der Waals surface area contributed by atoms with Crippen LogP contribution in [0.5, 0.6) is 0 Å². The van der Waals surface area contributed by atoms with Crippen LogP contribution in [-0.2, 0) is 0 Å². The van der Waals surface area contributed by atoms with Crippen LogP contribution in [0.1, 0.15) is 64.7 Å². The van der Waals surface area contributed by atoms with Gasteiger partial charge in [-0.3, -0.25) is 0 Å². The number of halogens is 2. The third-order valence-electron chi connectivity index (χ3n) is 5.13. The summed E-state index contributed by atoms with van der Waals surface area (Å²) in [6.45, 7) is 2.36. The van der Waals surface area contributed by atoms with Crippen LogP contribution in [0.25, 0.3) is 0 Å². The highest BCUT2D eigenvalue weighted by Gasteiger charge is 2.30. The van der Waals surface area contributed by atoms with Gasteiger partial charge in [0.15, 0.2) is 0 Å². The van der Waals surface area contributed by atoms with E-state index in [0.29, 0.717) is 5.92 Å². The van der Waals surface area contributed by atoms with E-state index in [-0.39, 0.29) is 6.42 Å². The molecule has 0 aliphatic heterocycles. The van der Waals surface area contributed by atoms with E-state index in [2.05, 4.69) is 6.92 Å². The second-order valence-electron chi connectivity index (χ2n) is 6.43. The largest absolute Gasteiger partial charge is 0.238 e. The first-order valence-electron chi connectivity index (χ1n) is 7.43. The van der Waals surface area contributed by atoms with Crippen LogP contribution in [0.15, 0.2) is 0 Å². The average molecular weight is 244 g/mol. The Morgan fingerprint density at radius 3 is 1.76 bits per heavy atom. The van der Waals surface area contributed by atoms with Crippen molar-refractivity contribution >= 4 is 0 Å². The SMILES string of the molecule is CC1CCC(C2CCC(CC(F)F)CC2)CC1. The zero-order valence-corrected chi connectivity index (χ0v) is 11.0. The molecule has 0 unspecified atom stereocenters. The summed E-state index contributed by atoms with van der Waals surface area (Å²) in [6, 6.07) is 0. The van der Waals surface area contributed by atoms with Crippen molar-refractivity contribution in [1.29, 1.82) is 0 Å². The van der Waals surface area contributed by atoms with Gasteiger partial charge in [0.05, 0.1) is 0 Å². The molecule has 17 heavy (non-hydrogen) atoms. The van der Waals surface area contributed by atoms with Gasteiger partial charge in [-0.25, -0.2) is 8.78 Å². The van der Waals surface area contributed by atoms with E-state index < -0.39 is 6.43 Å². The monoisotopic (exact) mass is 244 g/mol. The summed E-state index contributed by atoms with van der Waals surface area (Å²) >= 11 is 0. The van der Waals surface area contributed by atoms with Crippen LogP contribution in [0.3, 0.4) is 0 Å². The molecule has 0 spiro atoms.